The summed E-state index contributed by atoms with van der Waals surface area (Å²) in [6.45, 7) is 7.57. The Morgan fingerprint density at radius 3 is 1.95 bits per heavy atom. The van der Waals surface area contributed by atoms with Crippen LogP contribution >= 0.6 is 0 Å². The second kappa shape index (κ2) is 14.7. The Kier molecular flexibility index (Phi) is 14.2. The van der Waals surface area contributed by atoms with Crippen LogP contribution in [-0.4, -0.2) is 65.3 Å². The van der Waals surface area contributed by atoms with E-state index in [0.29, 0.717) is 33.0 Å². The van der Waals surface area contributed by atoms with Gasteiger partial charge < -0.3 is 24.3 Å². The van der Waals surface area contributed by atoms with E-state index in [0.717, 1.165) is 19.4 Å². The van der Waals surface area contributed by atoms with Gasteiger partial charge in [0.25, 0.3) is 0 Å². The zero-order chi connectivity index (χ0) is 15.1. The molecule has 20 heavy (non-hydrogen) atoms. The van der Waals surface area contributed by atoms with E-state index >= 15 is 0 Å². The molecule has 1 N–H and O–H groups in total. The van der Waals surface area contributed by atoms with Gasteiger partial charge >= 0.3 is 5.97 Å². The molecule has 0 heterocycles. The molecular weight excluding hydrogens is 262 g/mol. The predicted octanol–water partition coefficient (Wildman–Crippen LogP) is 0.987. The summed E-state index contributed by atoms with van der Waals surface area (Å²) in [6.07, 6.45) is 2.24. The smallest absolute Gasteiger partial charge is 0.322 e. The number of carbonyl (C=O) groups is 1. The summed E-state index contributed by atoms with van der Waals surface area (Å²) in [6, 6.07) is -0.286. The highest BCUT2D eigenvalue weighted by atomic mass is 16.6. The molecule has 0 radical (unpaired) electrons. The van der Waals surface area contributed by atoms with E-state index in [2.05, 4.69) is 12.2 Å². The molecule has 0 saturated heterocycles. The zero-order valence-corrected chi connectivity index (χ0v) is 13.0. The van der Waals surface area contributed by atoms with E-state index in [4.69, 9.17) is 18.9 Å². The topological polar surface area (TPSA) is 66.0 Å². The Bertz CT molecular complexity index is 226. The first-order chi connectivity index (χ1) is 9.72. The second-order valence-corrected chi connectivity index (χ2v) is 4.37. The first kappa shape index (κ1) is 19.3. The SMILES string of the molecule is CCCCOCCOCCOCCOC(=O)C(C)NC. The highest BCUT2D eigenvalue weighted by Crippen LogP contribution is 1.89. The normalized spacial score (nSPS) is 12.3. The molecule has 0 aromatic heterocycles. The van der Waals surface area contributed by atoms with Gasteiger partial charge in [0.1, 0.15) is 12.6 Å². The second-order valence-electron chi connectivity index (χ2n) is 4.37. The van der Waals surface area contributed by atoms with Crippen LogP contribution in [0.1, 0.15) is 26.7 Å². The Hall–Kier alpha value is -0.690. The molecule has 0 spiro atoms. The molecule has 0 fully saturated rings. The van der Waals surface area contributed by atoms with E-state index in [1.54, 1.807) is 14.0 Å². The van der Waals surface area contributed by atoms with Gasteiger partial charge in [-0.25, -0.2) is 0 Å². The summed E-state index contributed by atoms with van der Waals surface area (Å²) in [5.74, 6) is -0.267. The fourth-order valence-corrected chi connectivity index (χ4v) is 1.23. The first-order valence-electron chi connectivity index (χ1n) is 7.29. The van der Waals surface area contributed by atoms with Gasteiger partial charge in [0.05, 0.1) is 33.0 Å². The first-order valence-corrected chi connectivity index (χ1v) is 7.29. The van der Waals surface area contributed by atoms with Gasteiger partial charge in [-0.1, -0.05) is 13.3 Å². The lowest BCUT2D eigenvalue weighted by Gasteiger charge is -2.10. The number of rotatable bonds is 14. The van der Waals surface area contributed by atoms with Gasteiger partial charge in [-0.3, -0.25) is 4.79 Å². The van der Waals surface area contributed by atoms with Crippen LogP contribution in [0.2, 0.25) is 0 Å². The molecular formula is C14H29NO5. The van der Waals surface area contributed by atoms with Crippen LogP contribution in [-0.2, 0) is 23.7 Å². The molecule has 0 bridgehead atoms. The molecule has 0 aliphatic rings. The molecule has 0 saturated carbocycles. The lowest BCUT2D eigenvalue weighted by Crippen LogP contribution is -2.33. The van der Waals surface area contributed by atoms with Crippen LogP contribution in [0.5, 0.6) is 0 Å². The molecule has 0 amide bonds. The molecule has 1 atom stereocenters. The fraction of sp³-hybridized carbons (Fsp3) is 0.929. The number of unbranched alkanes of at least 4 members (excludes halogenated alkanes) is 1. The highest BCUT2D eigenvalue weighted by molar-refractivity contribution is 5.75. The largest absolute Gasteiger partial charge is 0.462 e. The Morgan fingerprint density at radius 1 is 0.950 bits per heavy atom. The average Bonchev–Trinajstić information content (AvgIpc) is 2.47. The number of hydrogen-bond acceptors (Lipinski definition) is 6. The lowest BCUT2D eigenvalue weighted by atomic mass is 10.3. The Balaban J connectivity index is 3.11. The van der Waals surface area contributed by atoms with Crippen LogP contribution in [0.25, 0.3) is 0 Å². The van der Waals surface area contributed by atoms with Crippen molar-refractivity contribution in [3.63, 3.8) is 0 Å². The van der Waals surface area contributed by atoms with E-state index < -0.39 is 0 Å². The molecule has 0 aliphatic heterocycles. The van der Waals surface area contributed by atoms with Crippen LogP contribution in [0.15, 0.2) is 0 Å². The number of hydrogen-bond donors (Lipinski definition) is 1. The number of esters is 1. The third-order valence-electron chi connectivity index (χ3n) is 2.64. The van der Waals surface area contributed by atoms with Gasteiger partial charge in [-0.05, 0) is 20.4 Å². The summed E-state index contributed by atoms with van der Waals surface area (Å²) >= 11 is 0. The van der Waals surface area contributed by atoms with Crippen molar-refractivity contribution < 1.29 is 23.7 Å². The van der Waals surface area contributed by atoms with Crippen LogP contribution < -0.4 is 5.32 Å². The van der Waals surface area contributed by atoms with E-state index in [1.807, 2.05) is 0 Å². The highest BCUT2D eigenvalue weighted by Gasteiger charge is 2.10. The maximum absolute atomic E-state index is 11.3. The lowest BCUT2D eigenvalue weighted by molar-refractivity contribution is -0.147. The molecule has 0 aromatic carbocycles. The van der Waals surface area contributed by atoms with Gasteiger partial charge in [0.15, 0.2) is 0 Å². The molecule has 6 heteroatoms. The molecule has 120 valence electrons. The van der Waals surface area contributed by atoms with E-state index in [-0.39, 0.29) is 18.6 Å². The standard InChI is InChI=1S/C14H29NO5/c1-4-5-6-17-7-8-18-9-10-19-11-12-20-14(16)13(2)15-3/h13,15H,4-12H2,1-3H3. The van der Waals surface area contributed by atoms with Crippen molar-refractivity contribution in [2.75, 3.05) is 53.3 Å². The maximum Gasteiger partial charge on any atom is 0.322 e. The summed E-state index contributed by atoms with van der Waals surface area (Å²) in [5.41, 5.74) is 0. The molecule has 1 unspecified atom stereocenters. The van der Waals surface area contributed by atoms with Gasteiger partial charge in [0.2, 0.25) is 0 Å². The van der Waals surface area contributed by atoms with Crippen molar-refractivity contribution in [2.24, 2.45) is 0 Å². The molecule has 0 aromatic rings. The molecule has 6 nitrogen and oxygen atoms in total. The minimum Gasteiger partial charge on any atom is -0.462 e. The fourth-order valence-electron chi connectivity index (χ4n) is 1.23. The number of likely N-dealkylation sites (N-methyl/N-ethyl adjacent to an activating group) is 1. The van der Waals surface area contributed by atoms with Crippen molar-refractivity contribution in [1.82, 2.24) is 5.32 Å². The third-order valence-corrected chi connectivity index (χ3v) is 2.64. The van der Waals surface area contributed by atoms with E-state index in [1.165, 1.54) is 0 Å². The summed E-state index contributed by atoms with van der Waals surface area (Å²) in [4.78, 5) is 11.3. The predicted molar refractivity (Wildman–Crippen MR) is 76.8 cm³/mol. The Morgan fingerprint density at radius 2 is 1.45 bits per heavy atom. The maximum atomic E-state index is 11.3. The summed E-state index contributed by atoms with van der Waals surface area (Å²) in [7, 11) is 1.71. The third kappa shape index (κ3) is 12.3. The van der Waals surface area contributed by atoms with Crippen molar-refractivity contribution in [1.29, 1.82) is 0 Å². The number of carbonyl (C=O) groups excluding carboxylic acids is 1. The van der Waals surface area contributed by atoms with Crippen LogP contribution in [0, 0.1) is 0 Å². The summed E-state index contributed by atoms with van der Waals surface area (Å²) < 4.78 is 20.9. The number of nitrogens with one attached hydrogen (secondary N) is 1. The molecule has 0 aliphatic carbocycles. The van der Waals surface area contributed by atoms with Gasteiger partial charge in [0, 0.05) is 6.61 Å². The van der Waals surface area contributed by atoms with Crippen molar-refractivity contribution in [3.8, 4) is 0 Å². The van der Waals surface area contributed by atoms with Gasteiger partial charge in [-0.2, -0.15) is 0 Å². The Labute approximate surface area is 122 Å². The van der Waals surface area contributed by atoms with Crippen LogP contribution in [0.3, 0.4) is 0 Å². The monoisotopic (exact) mass is 291 g/mol. The molecule has 0 rings (SSSR count). The van der Waals surface area contributed by atoms with Gasteiger partial charge in [-0.15, -0.1) is 0 Å². The van der Waals surface area contributed by atoms with Crippen LogP contribution in [0.4, 0.5) is 0 Å². The quantitative estimate of drug-likeness (QED) is 0.380. The van der Waals surface area contributed by atoms with E-state index in [9.17, 15) is 4.79 Å². The minimum atomic E-state index is -0.286. The van der Waals surface area contributed by atoms with Crippen molar-refractivity contribution in [3.05, 3.63) is 0 Å². The summed E-state index contributed by atoms with van der Waals surface area (Å²) in [5, 5.41) is 2.81. The zero-order valence-electron chi connectivity index (χ0n) is 13.0. The minimum absolute atomic E-state index is 0.267. The van der Waals surface area contributed by atoms with Crippen molar-refractivity contribution >= 4 is 5.97 Å². The van der Waals surface area contributed by atoms with Crippen molar-refractivity contribution in [2.45, 2.75) is 32.7 Å². The number of ether oxygens (including phenoxy) is 4. The average molecular weight is 291 g/mol.